The number of ether oxygens (including phenoxy) is 1. The Labute approximate surface area is 209 Å². The summed E-state index contributed by atoms with van der Waals surface area (Å²) in [6.07, 6.45) is 2.43. The van der Waals surface area contributed by atoms with E-state index in [0.29, 0.717) is 12.2 Å². The molecule has 2 N–H and O–H groups in total. The van der Waals surface area contributed by atoms with Crippen molar-refractivity contribution in [1.29, 1.82) is 0 Å². The summed E-state index contributed by atoms with van der Waals surface area (Å²) in [5.74, 6) is 1.53. The number of carbonyl (C=O) groups is 1. The van der Waals surface area contributed by atoms with Crippen LogP contribution in [0.4, 0.5) is 5.82 Å². The van der Waals surface area contributed by atoms with Crippen molar-refractivity contribution >= 4 is 11.7 Å². The second kappa shape index (κ2) is 9.76. The molecule has 6 nitrogen and oxygen atoms in total. The van der Waals surface area contributed by atoms with Crippen LogP contribution in [-0.4, -0.2) is 22.3 Å². The molecule has 1 aliphatic rings. The highest BCUT2D eigenvalue weighted by Crippen LogP contribution is 2.41. The number of aromatic nitrogens is 2. The van der Waals surface area contributed by atoms with Gasteiger partial charge in [0.2, 0.25) is 0 Å². The number of benzene rings is 2. The van der Waals surface area contributed by atoms with Gasteiger partial charge in [0.15, 0.2) is 0 Å². The number of hydrogen-bond donors (Lipinski definition) is 2. The Morgan fingerprint density at radius 2 is 1.77 bits per heavy atom. The molecule has 186 valence electrons. The van der Waals surface area contributed by atoms with E-state index >= 15 is 0 Å². The Kier molecular flexibility index (Phi) is 6.93. The fraction of sp³-hybridized carbons (Fsp3) is 0.448. The molecule has 1 atom stereocenters. The van der Waals surface area contributed by atoms with Gasteiger partial charge in [-0.3, -0.25) is 4.79 Å². The molecule has 1 aliphatic heterocycles. The lowest BCUT2D eigenvalue weighted by molar-refractivity contribution is 0.0889. The van der Waals surface area contributed by atoms with Crippen LogP contribution in [0.15, 0.2) is 54.6 Å². The number of carbonyl (C=O) groups excluding carboxylic acids is 1. The third-order valence-electron chi connectivity index (χ3n) is 7.36. The largest absolute Gasteiger partial charge is 0.494 e. The van der Waals surface area contributed by atoms with Crippen molar-refractivity contribution in [3.05, 3.63) is 77.0 Å². The minimum atomic E-state index is -0.480. The second-order valence-corrected chi connectivity index (χ2v) is 10.0. The van der Waals surface area contributed by atoms with Crippen molar-refractivity contribution in [2.75, 3.05) is 11.9 Å². The van der Waals surface area contributed by atoms with Gasteiger partial charge >= 0.3 is 0 Å². The van der Waals surface area contributed by atoms with Gasteiger partial charge in [0.1, 0.15) is 17.1 Å². The Morgan fingerprint density at radius 3 is 2.37 bits per heavy atom. The lowest BCUT2D eigenvalue weighted by atomic mass is 9.84. The number of nitrogens with zero attached hydrogens (tertiary/aromatic N) is 2. The molecule has 0 spiro atoms. The van der Waals surface area contributed by atoms with Gasteiger partial charge in [0.25, 0.3) is 5.91 Å². The van der Waals surface area contributed by atoms with Crippen LogP contribution in [0, 0.1) is 6.92 Å². The molecule has 0 fully saturated rings. The van der Waals surface area contributed by atoms with E-state index in [1.165, 1.54) is 5.56 Å². The molecule has 4 rings (SSSR count). The maximum atomic E-state index is 13.9. The monoisotopic (exact) mass is 474 g/mol. The van der Waals surface area contributed by atoms with Crippen LogP contribution in [0.2, 0.25) is 0 Å². The summed E-state index contributed by atoms with van der Waals surface area (Å²) in [5.41, 5.74) is 2.94. The van der Waals surface area contributed by atoms with Crippen LogP contribution in [0.25, 0.3) is 0 Å². The van der Waals surface area contributed by atoms with Crippen molar-refractivity contribution in [1.82, 2.24) is 15.1 Å². The molecule has 0 saturated carbocycles. The van der Waals surface area contributed by atoms with Crippen molar-refractivity contribution in [3.8, 4) is 5.75 Å². The van der Waals surface area contributed by atoms with Gasteiger partial charge in [-0.1, -0.05) is 56.3 Å². The summed E-state index contributed by atoms with van der Waals surface area (Å²) in [5, 5.41) is 11.9. The lowest BCUT2D eigenvalue weighted by Crippen LogP contribution is -2.45. The average molecular weight is 475 g/mol. The number of rotatable bonds is 8. The molecule has 3 aromatic rings. The quantitative estimate of drug-likeness (QED) is 0.400. The predicted octanol–water partition coefficient (Wildman–Crippen LogP) is 6.33. The summed E-state index contributed by atoms with van der Waals surface area (Å²) in [6.45, 7) is 13.1. The number of aryl methyl sites for hydroxylation is 1. The minimum Gasteiger partial charge on any atom is -0.494 e. The normalized spacial score (nSPS) is 16.8. The summed E-state index contributed by atoms with van der Waals surface area (Å²) in [4.78, 5) is 13.9. The Balaban J connectivity index is 1.69. The first kappa shape index (κ1) is 24.8. The van der Waals surface area contributed by atoms with Crippen LogP contribution in [0.1, 0.15) is 87.1 Å². The first-order valence-electron chi connectivity index (χ1n) is 12.7. The van der Waals surface area contributed by atoms with Crippen LogP contribution in [0.3, 0.4) is 0 Å². The molecule has 0 radical (unpaired) electrons. The van der Waals surface area contributed by atoms with Crippen LogP contribution in [0.5, 0.6) is 5.75 Å². The zero-order chi connectivity index (χ0) is 25.2. The van der Waals surface area contributed by atoms with Gasteiger partial charge in [-0.2, -0.15) is 5.10 Å². The average Bonchev–Trinajstić information content (AvgIpc) is 3.20. The maximum Gasteiger partial charge on any atom is 0.257 e. The second-order valence-electron chi connectivity index (χ2n) is 10.0. The van der Waals surface area contributed by atoms with E-state index in [0.717, 1.165) is 42.1 Å². The Hall–Kier alpha value is -3.28. The summed E-state index contributed by atoms with van der Waals surface area (Å²) in [6, 6.07) is 18.6. The van der Waals surface area contributed by atoms with Gasteiger partial charge in [0, 0.05) is 0 Å². The van der Waals surface area contributed by atoms with E-state index < -0.39 is 5.54 Å². The van der Waals surface area contributed by atoms with E-state index in [1.54, 1.807) is 0 Å². The highest BCUT2D eigenvalue weighted by Gasteiger charge is 2.39. The molecule has 1 aromatic heterocycles. The van der Waals surface area contributed by atoms with E-state index in [2.05, 4.69) is 74.7 Å². The molecule has 35 heavy (non-hydrogen) atoms. The topological polar surface area (TPSA) is 68.2 Å². The number of hydrogen-bond acceptors (Lipinski definition) is 4. The van der Waals surface area contributed by atoms with Crippen LogP contribution in [-0.2, 0) is 11.1 Å². The smallest absolute Gasteiger partial charge is 0.257 e. The van der Waals surface area contributed by atoms with Crippen molar-refractivity contribution in [2.45, 2.75) is 77.9 Å². The molecule has 6 heteroatoms. The van der Waals surface area contributed by atoms with E-state index in [-0.39, 0.29) is 17.5 Å². The maximum absolute atomic E-state index is 13.9. The van der Waals surface area contributed by atoms with E-state index in [4.69, 9.17) is 9.84 Å². The number of anilines is 1. The number of nitrogens with one attached hydrogen (secondary N) is 2. The number of amides is 1. The Morgan fingerprint density at radius 1 is 1.11 bits per heavy atom. The van der Waals surface area contributed by atoms with Crippen molar-refractivity contribution in [2.24, 2.45) is 0 Å². The third-order valence-corrected chi connectivity index (χ3v) is 7.36. The van der Waals surface area contributed by atoms with Gasteiger partial charge < -0.3 is 15.4 Å². The van der Waals surface area contributed by atoms with E-state index in [9.17, 15) is 4.79 Å². The molecule has 0 saturated heterocycles. The van der Waals surface area contributed by atoms with Gasteiger partial charge in [-0.15, -0.1) is 0 Å². The molecular weight excluding hydrogens is 436 g/mol. The SMILES string of the molecule is CCOc1ccc(C(CC)(CC)NC(=O)c2c(C)nn3c2N[C@@H](c2ccccc2)CC3(C)C)cc1. The molecular formula is C29H38N4O2. The van der Waals surface area contributed by atoms with Crippen LogP contribution < -0.4 is 15.4 Å². The fourth-order valence-corrected chi connectivity index (χ4v) is 5.28. The minimum absolute atomic E-state index is 0.0988. The number of fused-ring (bicyclic) bond motifs is 1. The molecule has 0 unspecified atom stereocenters. The molecule has 0 bridgehead atoms. The highest BCUT2D eigenvalue weighted by molar-refractivity contribution is 6.00. The van der Waals surface area contributed by atoms with Crippen molar-refractivity contribution < 1.29 is 9.53 Å². The first-order valence-corrected chi connectivity index (χ1v) is 12.7. The zero-order valence-electron chi connectivity index (χ0n) is 21.8. The fourth-order valence-electron chi connectivity index (χ4n) is 5.28. The molecule has 1 amide bonds. The first-order chi connectivity index (χ1) is 16.7. The summed E-state index contributed by atoms with van der Waals surface area (Å²) >= 11 is 0. The summed E-state index contributed by atoms with van der Waals surface area (Å²) < 4.78 is 7.61. The molecule has 2 heterocycles. The third kappa shape index (κ3) is 4.66. The standard InChI is InChI=1S/C29H38N4O2/c1-7-29(8-2,22-15-17-23(18-16-22)35-9-3)31-27(34)25-20(4)32-33-26(25)30-24(19-28(33,5)6)21-13-11-10-12-14-21/h10-18,24,30H,7-9,19H2,1-6H3,(H,31,34)/t24-/m1/s1. The molecule has 2 aromatic carbocycles. The van der Waals surface area contributed by atoms with Crippen LogP contribution >= 0.6 is 0 Å². The zero-order valence-corrected chi connectivity index (χ0v) is 21.8. The van der Waals surface area contributed by atoms with Gasteiger partial charge in [0.05, 0.1) is 29.4 Å². The summed E-state index contributed by atoms with van der Waals surface area (Å²) in [7, 11) is 0. The highest BCUT2D eigenvalue weighted by atomic mass is 16.5. The van der Waals surface area contributed by atoms with E-state index in [1.807, 2.05) is 36.7 Å². The Bertz CT molecular complexity index is 1160. The lowest BCUT2D eigenvalue weighted by Gasteiger charge is -2.38. The van der Waals surface area contributed by atoms with Gasteiger partial charge in [-0.05, 0) is 70.2 Å². The van der Waals surface area contributed by atoms with Gasteiger partial charge in [-0.25, -0.2) is 4.68 Å². The predicted molar refractivity (Wildman–Crippen MR) is 141 cm³/mol. The van der Waals surface area contributed by atoms with Crippen molar-refractivity contribution in [3.63, 3.8) is 0 Å². The molecule has 0 aliphatic carbocycles.